The van der Waals surface area contributed by atoms with Gasteiger partial charge >= 0.3 is 0 Å². The summed E-state index contributed by atoms with van der Waals surface area (Å²) in [5.41, 5.74) is 0.660. The van der Waals surface area contributed by atoms with Gasteiger partial charge in [-0.1, -0.05) is 15.9 Å². The molecule has 100 valence electrons. The first-order valence-electron chi connectivity index (χ1n) is 6.16. The Morgan fingerprint density at radius 1 is 1.28 bits per heavy atom. The third-order valence-electron chi connectivity index (χ3n) is 2.41. The van der Waals surface area contributed by atoms with Crippen molar-refractivity contribution in [3.63, 3.8) is 0 Å². The van der Waals surface area contributed by atoms with Gasteiger partial charge in [0.15, 0.2) is 0 Å². The Morgan fingerprint density at radius 3 is 2.39 bits per heavy atom. The molecule has 1 N–H and O–H groups in total. The molecule has 0 aliphatic carbocycles. The highest BCUT2D eigenvalue weighted by Gasteiger charge is 2.09. The number of rotatable bonds is 6. The van der Waals surface area contributed by atoms with Gasteiger partial charge in [0, 0.05) is 16.9 Å². The highest BCUT2D eigenvalue weighted by atomic mass is 79.9. The van der Waals surface area contributed by atoms with E-state index in [-0.39, 0.29) is 18.1 Å². The Labute approximate surface area is 117 Å². The van der Waals surface area contributed by atoms with Crippen LogP contribution in [0.1, 0.15) is 37.6 Å². The maximum Gasteiger partial charge on any atom is 0.251 e. The molecule has 0 aliphatic rings. The molecule has 1 rings (SSSR count). The number of nitrogens with one attached hydrogen (secondary N) is 1. The number of carbonyl (C=O) groups excluding carboxylic acids is 1. The van der Waals surface area contributed by atoms with E-state index in [4.69, 9.17) is 4.74 Å². The van der Waals surface area contributed by atoms with Crippen LogP contribution in [0.25, 0.3) is 0 Å². The van der Waals surface area contributed by atoms with Crippen LogP contribution in [0.3, 0.4) is 0 Å². The van der Waals surface area contributed by atoms with E-state index < -0.39 is 0 Å². The van der Waals surface area contributed by atoms with Crippen molar-refractivity contribution in [1.29, 1.82) is 0 Å². The lowest BCUT2D eigenvalue weighted by molar-refractivity contribution is 0.0939. The Hall–Kier alpha value is -1.03. The van der Waals surface area contributed by atoms with E-state index in [0.29, 0.717) is 5.56 Å². The number of carbonyl (C=O) groups is 1. The number of halogens is 1. The molecule has 0 saturated heterocycles. The molecule has 1 atom stereocenters. The molecule has 18 heavy (non-hydrogen) atoms. The molecule has 3 nitrogen and oxygen atoms in total. The quantitative estimate of drug-likeness (QED) is 0.818. The number of alkyl halides is 1. The second-order valence-corrected chi connectivity index (χ2v) is 5.34. The predicted molar refractivity (Wildman–Crippen MR) is 77.5 cm³/mol. The number of amides is 1. The maximum atomic E-state index is 11.9. The van der Waals surface area contributed by atoms with Gasteiger partial charge in [0.2, 0.25) is 0 Å². The molecule has 0 fully saturated rings. The van der Waals surface area contributed by atoms with E-state index in [9.17, 15) is 4.79 Å². The molecule has 0 aliphatic heterocycles. The molecule has 1 aromatic rings. The standard InChI is InChI=1S/C14H20BrNO2/c1-10(2)18-13-6-4-12(5-7-13)14(17)16-11(3)8-9-15/h4-7,10-11H,8-9H2,1-3H3,(H,16,17). The molecule has 1 unspecified atom stereocenters. The summed E-state index contributed by atoms with van der Waals surface area (Å²) < 4.78 is 5.53. The first-order valence-corrected chi connectivity index (χ1v) is 7.28. The van der Waals surface area contributed by atoms with Gasteiger partial charge in [-0.05, 0) is 51.5 Å². The molecular weight excluding hydrogens is 294 g/mol. The molecule has 1 amide bonds. The number of benzene rings is 1. The molecule has 0 heterocycles. The Kier molecular flexibility index (Phi) is 6.19. The van der Waals surface area contributed by atoms with Crippen molar-refractivity contribution in [2.45, 2.75) is 39.3 Å². The van der Waals surface area contributed by atoms with Gasteiger partial charge in [-0.15, -0.1) is 0 Å². The van der Waals surface area contributed by atoms with Crippen molar-refractivity contribution in [2.24, 2.45) is 0 Å². The van der Waals surface area contributed by atoms with Crippen molar-refractivity contribution >= 4 is 21.8 Å². The van der Waals surface area contributed by atoms with E-state index in [1.54, 1.807) is 12.1 Å². The summed E-state index contributed by atoms with van der Waals surface area (Å²) in [7, 11) is 0. The largest absolute Gasteiger partial charge is 0.491 e. The zero-order valence-electron chi connectivity index (χ0n) is 11.1. The summed E-state index contributed by atoms with van der Waals surface area (Å²) >= 11 is 3.36. The molecule has 0 radical (unpaired) electrons. The van der Waals surface area contributed by atoms with Gasteiger partial charge < -0.3 is 10.1 Å². The highest BCUT2D eigenvalue weighted by Crippen LogP contribution is 2.14. The van der Waals surface area contributed by atoms with Gasteiger partial charge in [-0.2, -0.15) is 0 Å². The third-order valence-corrected chi connectivity index (χ3v) is 2.87. The lowest BCUT2D eigenvalue weighted by atomic mass is 10.2. The van der Waals surface area contributed by atoms with Crippen LogP contribution in [0.2, 0.25) is 0 Å². The van der Waals surface area contributed by atoms with Crippen LogP contribution in [0.15, 0.2) is 24.3 Å². The van der Waals surface area contributed by atoms with Crippen molar-refractivity contribution in [1.82, 2.24) is 5.32 Å². The Bertz CT molecular complexity index is 376. The molecule has 1 aromatic carbocycles. The van der Waals surface area contributed by atoms with Gasteiger partial charge in [-0.25, -0.2) is 0 Å². The predicted octanol–water partition coefficient (Wildman–Crippen LogP) is 3.38. The average molecular weight is 314 g/mol. The van der Waals surface area contributed by atoms with Gasteiger partial charge in [0.05, 0.1) is 6.10 Å². The number of hydrogen-bond donors (Lipinski definition) is 1. The van der Waals surface area contributed by atoms with Crippen molar-refractivity contribution in [2.75, 3.05) is 5.33 Å². The van der Waals surface area contributed by atoms with E-state index in [1.807, 2.05) is 32.9 Å². The highest BCUT2D eigenvalue weighted by molar-refractivity contribution is 9.09. The molecule has 0 spiro atoms. The van der Waals surface area contributed by atoms with Crippen LogP contribution in [0.5, 0.6) is 5.75 Å². The van der Waals surface area contributed by atoms with Crippen LogP contribution < -0.4 is 10.1 Å². The maximum absolute atomic E-state index is 11.9. The van der Waals surface area contributed by atoms with Crippen molar-refractivity contribution in [3.05, 3.63) is 29.8 Å². The summed E-state index contributed by atoms with van der Waals surface area (Å²) in [6.45, 7) is 5.94. The van der Waals surface area contributed by atoms with E-state index in [1.165, 1.54) is 0 Å². The lowest BCUT2D eigenvalue weighted by Gasteiger charge is -2.13. The van der Waals surface area contributed by atoms with Crippen molar-refractivity contribution < 1.29 is 9.53 Å². The second kappa shape index (κ2) is 7.41. The van der Waals surface area contributed by atoms with Gasteiger partial charge in [0.25, 0.3) is 5.91 Å². The first-order chi connectivity index (χ1) is 8.52. The van der Waals surface area contributed by atoms with Crippen LogP contribution in [0.4, 0.5) is 0 Å². The number of ether oxygens (including phenoxy) is 1. The molecule has 0 saturated carbocycles. The lowest BCUT2D eigenvalue weighted by Crippen LogP contribution is -2.32. The fourth-order valence-electron chi connectivity index (χ4n) is 1.50. The number of hydrogen-bond acceptors (Lipinski definition) is 2. The monoisotopic (exact) mass is 313 g/mol. The van der Waals surface area contributed by atoms with E-state index in [0.717, 1.165) is 17.5 Å². The SMILES string of the molecule is CC(CCBr)NC(=O)c1ccc(OC(C)C)cc1. The van der Waals surface area contributed by atoms with Crippen LogP contribution in [-0.2, 0) is 0 Å². The van der Waals surface area contributed by atoms with Crippen LogP contribution >= 0.6 is 15.9 Å². The van der Waals surface area contributed by atoms with E-state index >= 15 is 0 Å². The molecule has 0 bridgehead atoms. The van der Waals surface area contributed by atoms with Crippen LogP contribution in [0, 0.1) is 0 Å². The Balaban J connectivity index is 2.59. The molecule has 4 heteroatoms. The smallest absolute Gasteiger partial charge is 0.251 e. The minimum absolute atomic E-state index is 0.0421. The first kappa shape index (κ1) is 15.0. The summed E-state index contributed by atoms with van der Waals surface area (Å²) in [6, 6.07) is 7.39. The summed E-state index contributed by atoms with van der Waals surface area (Å²) in [4.78, 5) is 11.9. The normalized spacial score (nSPS) is 12.3. The summed E-state index contributed by atoms with van der Waals surface area (Å²) in [5, 5.41) is 3.83. The van der Waals surface area contributed by atoms with E-state index in [2.05, 4.69) is 21.2 Å². The summed E-state index contributed by atoms with van der Waals surface area (Å²) in [6.07, 6.45) is 1.06. The topological polar surface area (TPSA) is 38.3 Å². The Morgan fingerprint density at radius 2 is 1.89 bits per heavy atom. The van der Waals surface area contributed by atoms with Crippen LogP contribution in [-0.4, -0.2) is 23.4 Å². The summed E-state index contributed by atoms with van der Waals surface area (Å²) in [5.74, 6) is 0.745. The molecule has 0 aromatic heterocycles. The fraction of sp³-hybridized carbons (Fsp3) is 0.500. The van der Waals surface area contributed by atoms with Gasteiger partial charge in [-0.3, -0.25) is 4.79 Å². The zero-order valence-corrected chi connectivity index (χ0v) is 12.7. The minimum atomic E-state index is -0.0421. The fourth-order valence-corrected chi connectivity index (χ4v) is 2.19. The van der Waals surface area contributed by atoms with Crippen molar-refractivity contribution in [3.8, 4) is 5.75 Å². The average Bonchev–Trinajstić information content (AvgIpc) is 2.29. The zero-order chi connectivity index (χ0) is 13.5. The van der Waals surface area contributed by atoms with Gasteiger partial charge in [0.1, 0.15) is 5.75 Å². The second-order valence-electron chi connectivity index (χ2n) is 4.54. The third kappa shape index (κ3) is 5.08. The molecular formula is C14H20BrNO2. The minimum Gasteiger partial charge on any atom is -0.491 e.